The summed E-state index contributed by atoms with van der Waals surface area (Å²) in [6, 6.07) is 7.83. The highest BCUT2D eigenvalue weighted by Crippen LogP contribution is 2.27. The Kier molecular flexibility index (Phi) is 5.18. The second-order valence-corrected chi connectivity index (χ2v) is 5.35. The number of rotatable bonds is 8. The van der Waals surface area contributed by atoms with Gasteiger partial charge in [-0.05, 0) is 49.9 Å². The topological polar surface area (TPSA) is 3.24 Å². The standard InChI is InChI=1S/C16H24FN/c1-2-3-4-11-18(16-8-9-16)12-10-14-6-5-7-15(17)13-14/h5-7,13,16H,2-4,8-12H2,1H3. The average molecular weight is 249 g/mol. The maximum Gasteiger partial charge on any atom is 0.123 e. The molecular formula is C16H24FN. The van der Waals surface area contributed by atoms with Crippen LogP contribution in [0.25, 0.3) is 0 Å². The SMILES string of the molecule is CCCCCN(CCc1cccc(F)c1)C1CC1. The second-order valence-electron chi connectivity index (χ2n) is 5.35. The molecule has 0 unspecified atom stereocenters. The normalized spacial score (nSPS) is 15.3. The van der Waals surface area contributed by atoms with Crippen LogP contribution in [-0.2, 0) is 6.42 Å². The van der Waals surface area contributed by atoms with Crippen molar-refractivity contribution < 1.29 is 4.39 Å². The van der Waals surface area contributed by atoms with E-state index in [4.69, 9.17) is 0 Å². The Morgan fingerprint density at radius 2 is 2.06 bits per heavy atom. The molecule has 1 aliphatic rings. The first kappa shape index (κ1) is 13.5. The van der Waals surface area contributed by atoms with Crippen molar-refractivity contribution in [2.45, 2.75) is 51.5 Å². The monoisotopic (exact) mass is 249 g/mol. The van der Waals surface area contributed by atoms with E-state index in [0.717, 1.165) is 24.6 Å². The quantitative estimate of drug-likeness (QED) is 0.629. The highest BCUT2D eigenvalue weighted by atomic mass is 19.1. The third-order valence-corrected chi connectivity index (χ3v) is 3.69. The van der Waals surface area contributed by atoms with Crippen LogP contribution >= 0.6 is 0 Å². The molecule has 0 N–H and O–H groups in total. The fourth-order valence-corrected chi connectivity index (χ4v) is 2.45. The fourth-order valence-electron chi connectivity index (χ4n) is 2.45. The minimum Gasteiger partial charge on any atom is -0.300 e. The maximum atomic E-state index is 13.1. The van der Waals surface area contributed by atoms with Crippen LogP contribution in [0.5, 0.6) is 0 Å². The summed E-state index contributed by atoms with van der Waals surface area (Å²) in [5.41, 5.74) is 1.12. The van der Waals surface area contributed by atoms with E-state index in [-0.39, 0.29) is 5.82 Å². The Labute approximate surface area is 110 Å². The molecule has 0 heterocycles. The van der Waals surface area contributed by atoms with E-state index in [0.29, 0.717) is 0 Å². The van der Waals surface area contributed by atoms with Crippen LogP contribution in [0.3, 0.4) is 0 Å². The molecule has 2 heteroatoms. The summed E-state index contributed by atoms with van der Waals surface area (Å²) in [7, 11) is 0. The van der Waals surface area contributed by atoms with Gasteiger partial charge >= 0.3 is 0 Å². The Morgan fingerprint density at radius 3 is 2.72 bits per heavy atom. The Morgan fingerprint density at radius 1 is 1.22 bits per heavy atom. The van der Waals surface area contributed by atoms with Gasteiger partial charge in [-0.3, -0.25) is 0 Å². The van der Waals surface area contributed by atoms with E-state index in [1.807, 2.05) is 12.1 Å². The zero-order valence-corrected chi connectivity index (χ0v) is 11.4. The van der Waals surface area contributed by atoms with E-state index < -0.39 is 0 Å². The molecule has 2 rings (SSSR count). The first-order chi connectivity index (χ1) is 8.79. The second kappa shape index (κ2) is 6.89. The molecule has 100 valence electrons. The molecular weight excluding hydrogens is 225 g/mol. The minimum atomic E-state index is -0.114. The third-order valence-electron chi connectivity index (χ3n) is 3.69. The highest BCUT2D eigenvalue weighted by molar-refractivity contribution is 5.16. The lowest BCUT2D eigenvalue weighted by atomic mass is 10.1. The lowest BCUT2D eigenvalue weighted by Crippen LogP contribution is -2.29. The summed E-state index contributed by atoms with van der Waals surface area (Å²) in [6.07, 6.45) is 7.59. The molecule has 1 fully saturated rings. The molecule has 0 amide bonds. The Bertz CT molecular complexity index is 360. The van der Waals surface area contributed by atoms with Crippen LogP contribution in [0.1, 0.15) is 44.6 Å². The summed E-state index contributed by atoms with van der Waals surface area (Å²) < 4.78 is 13.1. The molecule has 0 aliphatic heterocycles. The fraction of sp³-hybridized carbons (Fsp3) is 0.625. The average Bonchev–Trinajstić information content (AvgIpc) is 3.18. The first-order valence-electron chi connectivity index (χ1n) is 7.28. The van der Waals surface area contributed by atoms with Crippen LogP contribution in [0.4, 0.5) is 4.39 Å². The van der Waals surface area contributed by atoms with E-state index in [1.54, 1.807) is 6.07 Å². The molecule has 1 aliphatic carbocycles. The molecule has 0 aromatic heterocycles. The summed E-state index contributed by atoms with van der Waals surface area (Å²) in [6.45, 7) is 4.54. The van der Waals surface area contributed by atoms with Crippen molar-refractivity contribution in [3.05, 3.63) is 35.6 Å². The van der Waals surface area contributed by atoms with Gasteiger partial charge in [0, 0.05) is 12.6 Å². The van der Waals surface area contributed by atoms with E-state index in [2.05, 4.69) is 11.8 Å². The molecule has 1 nitrogen and oxygen atoms in total. The van der Waals surface area contributed by atoms with Crippen molar-refractivity contribution in [1.82, 2.24) is 4.90 Å². The van der Waals surface area contributed by atoms with Crippen molar-refractivity contribution in [2.24, 2.45) is 0 Å². The summed E-state index contributed by atoms with van der Waals surface area (Å²) in [5.74, 6) is -0.114. The van der Waals surface area contributed by atoms with Crippen LogP contribution < -0.4 is 0 Å². The van der Waals surface area contributed by atoms with Gasteiger partial charge in [-0.2, -0.15) is 0 Å². The van der Waals surface area contributed by atoms with Crippen molar-refractivity contribution >= 4 is 0 Å². The van der Waals surface area contributed by atoms with Crippen LogP contribution in [0, 0.1) is 5.82 Å². The largest absolute Gasteiger partial charge is 0.300 e. The zero-order valence-electron chi connectivity index (χ0n) is 11.4. The van der Waals surface area contributed by atoms with Crippen molar-refractivity contribution in [3.8, 4) is 0 Å². The van der Waals surface area contributed by atoms with Crippen molar-refractivity contribution in [3.63, 3.8) is 0 Å². The van der Waals surface area contributed by atoms with Crippen LogP contribution in [-0.4, -0.2) is 24.0 Å². The third kappa shape index (κ3) is 4.41. The molecule has 1 aromatic carbocycles. The Hall–Kier alpha value is -0.890. The van der Waals surface area contributed by atoms with Gasteiger partial charge in [0.05, 0.1) is 0 Å². The van der Waals surface area contributed by atoms with E-state index >= 15 is 0 Å². The maximum absolute atomic E-state index is 13.1. The lowest BCUT2D eigenvalue weighted by molar-refractivity contribution is 0.260. The van der Waals surface area contributed by atoms with Gasteiger partial charge in [-0.25, -0.2) is 4.39 Å². The van der Waals surface area contributed by atoms with Gasteiger partial charge in [0.1, 0.15) is 5.82 Å². The molecule has 0 bridgehead atoms. The van der Waals surface area contributed by atoms with Crippen LogP contribution in [0.2, 0.25) is 0 Å². The lowest BCUT2D eigenvalue weighted by Gasteiger charge is -2.21. The molecule has 0 radical (unpaired) electrons. The molecule has 0 saturated heterocycles. The van der Waals surface area contributed by atoms with E-state index in [1.165, 1.54) is 44.7 Å². The van der Waals surface area contributed by atoms with Gasteiger partial charge in [-0.1, -0.05) is 31.9 Å². The van der Waals surface area contributed by atoms with Gasteiger partial charge in [0.2, 0.25) is 0 Å². The summed E-state index contributed by atoms with van der Waals surface area (Å²) in [4.78, 5) is 2.60. The summed E-state index contributed by atoms with van der Waals surface area (Å²) in [5, 5.41) is 0. The number of benzene rings is 1. The predicted molar refractivity (Wildman–Crippen MR) is 74.2 cm³/mol. The number of nitrogens with zero attached hydrogens (tertiary/aromatic N) is 1. The zero-order chi connectivity index (χ0) is 12.8. The van der Waals surface area contributed by atoms with Crippen LogP contribution in [0.15, 0.2) is 24.3 Å². The van der Waals surface area contributed by atoms with E-state index in [9.17, 15) is 4.39 Å². The van der Waals surface area contributed by atoms with Crippen molar-refractivity contribution in [1.29, 1.82) is 0 Å². The molecule has 1 saturated carbocycles. The number of halogens is 1. The molecule has 0 atom stereocenters. The number of unbranched alkanes of at least 4 members (excludes halogenated alkanes) is 2. The predicted octanol–water partition coefficient (Wildman–Crippen LogP) is 4.02. The number of hydrogen-bond acceptors (Lipinski definition) is 1. The Balaban J connectivity index is 1.78. The smallest absolute Gasteiger partial charge is 0.123 e. The minimum absolute atomic E-state index is 0.114. The van der Waals surface area contributed by atoms with Gasteiger partial charge in [0.15, 0.2) is 0 Å². The van der Waals surface area contributed by atoms with Gasteiger partial charge in [0.25, 0.3) is 0 Å². The molecule has 18 heavy (non-hydrogen) atoms. The van der Waals surface area contributed by atoms with Crippen molar-refractivity contribution in [2.75, 3.05) is 13.1 Å². The molecule has 1 aromatic rings. The first-order valence-corrected chi connectivity index (χ1v) is 7.28. The summed E-state index contributed by atoms with van der Waals surface area (Å²) >= 11 is 0. The van der Waals surface area contributed by atoms with Gasteiger partial charge in [-0.15, -0.1) is 0 Å². The number of hydrogen-bond donors (Lipinski definition) is 0. The molecule has 0 spiro atoms. The highest BCUT2D eigenvalue weighted by Gasteiger charge is 2.27. The van der Waals surface area contributed by atoms with Gasteiger partial charge < -0.3 is 4.90 Å².